The van der Waals surface area contributed by atoms with Crippen molar-refractivity contribution in [3.63, 3.8) is 0 Å². The summed E-state index contributed by atoms with van der Waals surface area (Å²) in [5, 5.41) is 10.2. The zero-order valence-corrected chi connectivity index (χ0v) is 14.6. The summed E-state index contributed by atoms with van der Waals surface area (Å²) >= 11 is 0. The molecule has 4 aliphatic heterocycles. The van der Waals surface area contributed by atoms with Crippen molar-refractivity contribution in [2.24, 2.45) is 5.92 Å². The lowest BCUT2D eigenvalue weighted by molar-refractivity contribution is -0.946. The quantitative estimate of drug-likeness (QED) is 0.587. The third kappa shape index (κ3) is 4.22. The summed E-state index contributed by atoms with van der Waals surface area (Å²) in [6, 6.07) is 0. The number of aliphatic hydroxyl groups excluding tert-OH is 1. The van der Waals surface area contributed by atoms with Crippen LogP contribution in [0.1, 0.15) is 51.4 Å². The van der Waals surface area contributed by atoms with Crippen molar-refractivity contribution < 1.29 is 19.5 Å². The molecule has 4 nitrogen and oxygen atoms in total. The highest BCUT2D eigenvalue weighted by atomic mass is 16.3. The molecule has 4 rings (SSSR count). The predicted octanol–water partition coefficient (Wildman–Crippen LogP) is 1.56. The molecule has 0 aromatic carbocycles. The highest BCUT2D eigenvalue weighted by Crippen LogP contribution is 2.34. The second-order valence-electron chi connectivity index (χ2n) is 8.51. The number of hydrogen-bond donors (Lipinski definition) is 1. The van der Waals surface area contributed by atoms with E-state index in [1.165, 1.54) is 99.6 Å². The second kappa shape index (κ2) is 7.61. The lowest BCUT2D eigenvalue weighted by atomic mass is 9.83. The highest BCUT2D eigenvalue weighted by Gasteiger charge is 2.44. The molecule has 4 heterocycles. The summed E-state index contributed by atoms with van der Waals surface area (Å²) in [6.07, 6.45) is 11.1. The fourth-order valence-electron chi connectivity index (χ4n) is 5.18. The standard InChI is InChI=1S/C18H36N2O.H2O/c1-19(10-4-2-5-11-19)12-6-3-7-13-20-14-8-17(9-15-20)18(21)16-20;/h17-18,21H,2-16H2,1H3;1H2/q+2;. The monoisotopic (exact) mass is 314 g/mol. The first-order chi connectivity index (χ1) is 10.1. The third-order valence-corrected chi connectivity index (χ3v) is 6.79. The van der Waals surface area contributed by atoms with Crippen LogP contribution in [0.4, 0.5) is 0 Å². The molecule has 4 saturated heterocycles. The molecule has 0 amide bonds. The van der Waals surface area contributed by atoms with E-state index in [4.69, 9.17) is 0 Å². The van der Waals surface area contributed by atoms with E-state index in [-0.39, 0.29) is 11.6 Å². The summed E-state index contributed by atoms with van der Waals surface area (Å²) in [7, 11) is 2.46. The Balaban J connectivity index is 0.00000176. The molecule has 1 unspecified atom stereocenters. The molecule has 0 spiro atoms. The molecule has 22 heavy (non-hydrogen) atoms. The molecule has 0 aromatic heterocycles. The average molecular weight is 315 g/mol. The minimum atomic E-state index is 0. The third-order valence-electron chi connectivity index (χ3n) is 6.79. The minimum absolute atomic E-state index is 0. The van der Waals surface area contributed by atoms with Gasteiger partial charge in [0.2, 0.25) is 0 Å². The summed E-state index contributed by atoms with van der Waals surface area (Å²) in [5.74, 6) is 0.633. The molecular weight excluding hydrogens is 276 g/mol. The average Bonchev–Trinajstić information content (AvgIpc) is 2.48. The molecule has 0 saturated carbocycles. The van der Waals surface area contributed by atoms with E-state index in [1.54, 1.807) is 0 Å². The van der Waals surface area contributed by atoms with Gasteiger partial charge >= 0.3 is 0 Å². The van der Waals surface area contributed by atoms with E-state index < -0.39 is 0 Å². The normalized spacial score (nSPS) is 36.8. The molecule has 3 N–H and O–H groups in total. The molecule has 0 aliphatic carbocycles. The first kappa shape index (κ1) is 18.2. The number of nitrogens with zero attached hydrogens (tertiary/aromatic N) is 2. The maximum absolute atomic E-state index is 10.2. The van der Waals surface area contributed by atoms with Crippen LogP contribution in [0, 0.1) is 5.92 Å². The van der Waals surface area contributed by atoms with Gasteiger partial charge in [0.05, 0.1) is 46.3 Å². The first-order valence-electron chi connectivity index (χ1n) is 9.48. The van der Waals surface area contributed by atoms with E-state index in [0.29, 0.717) is 5.92 Å². The molecule has 4 fully saturated rings. The van der Waals surface area contributed by atoms with Crippen LogP contribution in [0.3, 0.4) is 0 Å². The summed E-state index contributed by atoms with van der Waals surface area (Å²) in [5.41, 5.74) is 0. The number of rotatable bonds is 6. The molecule has 0 radical (unpaired) electrons. The van der Waals surface area contributed by atoms with E-state index in [2.05, 4.69) is 7.05 Å². The van der Waals surface area contributed by atoms with Crippen LogP contribution in [0.15, 0.2) is 0 Å². The van der Waals surface area contributed by atoms with Crippen LogP contribution in [0.2, 0.25) is 0 Å². The summed E-state index contributed by atoms with van der Waals surface area (Å²) < 4.78 is 2.57. The lowest BCUT2D eigenvalue weighted by Crippen LogP contribution is -2.63. The van der Waals surface area contributed by atoms with E-state index >= 15 is 0 Å². The second-order valence-corrected chi connectivity index (χ2v) is 8.51. The molecule has 2 bridgehead atoms. The molecule has 4 heteroatoms. The number of likely N-dealkylation sites (tertiary alicyclic amines) is 1. The number of piperidine rings is 4. The molecule has 4 aliphatic rings. The Bertz CT molecular complexity index is 334. The van der Waals surface area contributed by atoms with Gasteiger partial charge in [0.25, 0.3) is 0 Å². The molecule has 0 aromatic rings. The SMILES string of the molecule is C[N+]1(CCCCC[N+]23CCC(CC2)C(O)C3)CCCCC1.O. The van der Waals surface area contributed by atoms with Crippen molar-refractivity contribution in [1.29, 1.82) is 0 Å². The first-order valence-corrected chi connectivity index (χ1v) is 9.48. The van der Waals surface area contributed by atoms with Crippen LogP contribution < -0.4 is 0 Å². The molecule has 1 atom stereocenters. The Morgan fingerprint density at radius 3 is 2.14 bits per heavy atom. The smallest absolute Gasteiger partial charge is 0.106 e. The Morgan fingerprint density at radius 1 is 0.864 bits per heavy atom. The van der Waals surface area contributed by atoms with E-state index in [1.807, 2.05) is 0 Å². The Hall–Kier alpha value is -0.160. The number of quaternary nitrogens is 2. The van der Waals surface area contributed by atoms with Crippen molar-refractivity contribution >= 4 is 0 Å². The number of fused-ring (bicyclic) bond motifs is 3. The van der Waals surface area contributed by atoms with Crippen LogP contribution >= 0.6 is 0 Å². The Kier molecular flexibility index (Phi) is 6.29. The highest BCUT2D eigenvalue weighted by molar-refractivity contribution is 4.79. The topological polar surface area (TPSA) is 51.7 Å². The predicted molar refractivity (Wildman–Crippen MR) is 90.6 cm³/mol. The minimum Gasteiger partial charge on any atom is -0.412 e. The molecular formula is C18H38N2O2+2. The van der Waals surface area contributed by atoms with Crippen LogP contribution in [-0.2, 0) is 0 Å². The maximum atomic E-state index is 10.2. The van der Waals surface area contributed by atoms with Crippen LogP contribution in [0.5, 0.6) is 0 Å². The fraction of sp³-hybridized carbons (Fsp3) is 1.00. The van der Waals surface area contributed by atoms with Gasteiger partial charge in [-0.2, -0.15) is 0 Å². The van der Waals surface area contributed by atoms with Crippen molar-refractivity contribution in [3.8, 4) is 0 Å². The maximum Gasteiger partial charge on any atom is 0.106 e. The van der Waals surface area contributed by atoms with Crippen molar-refractivity contribution in [2.75, 3.05) is 52.9 Å². The zero-order chi connectivity index (χ0) is 14.8. The lowest BCUT2D eigenvalue weighted by Gasteiger charge is -2.51. The Labute approximate surface area is 136 Å². The Morgan fingerprint density at radius 2 is 1.50 bits per heavy atom. The van der Waals surface area contributed by atoms with Gasteiger partial charge in [-0.3, -0.25) is 0 Å². The largest absolute Gasteiger partial charge is 0.412 e. The van der Waals surface area contributed by atoms with Crippen molar-refractivity contribution in [1.82, 2.24) is 0 Å². The number of unbranched alkanes of at least 4 members (excludes halogenated alkanes) is 2. The summed E-state index contributed by atoms with van der Waals surface area (Å²) in [6.45, 7) is 9.28. The van der Waals surface area contributed by atoms with Gasteiger partial charge in [-0.25, -0.2) is 0 Å². The van der Waals surface area contributed by atoms with Gasteiger partial charge < -0.3 is 19.5 Å². The fourth-order valence-corrected chi connectivity index (χ4v) is 5.18. The van der Waals surface area contributed by atoms with E-state index in [9.17, 15) is 5.11 Å². The van der Waals surface area contributed by atoms with Crippen molar-refractivity contribution in [2.45, 2.75) is 57.5 Å². The van der Waals surface area contributed by atoms with E-state index in [0.717, 1.165) is 6.54 Å². The number of aliphatic hydroxyl groups is 1. The van der Waals surface area contributed by atoms with Crippen LogP contribution in [0.25, 0.3) is 0 Å². The number of hydrogen-bond acceptors (Lipinski definition) is 1. The molecule has 130 valence electrons. The van der Waals surface area contributed by atoms with Gasteiger partial charge in [0.1, 0.15) is 12.6 Å². The van der Waals surface area contributed by atoms with Gasteiger partial charge in [-0.15, -0.1) is 0 Å². The van der Waals surface area contributed by atoms with Gasteiger partial charge in [0, 0.05) is 18.8 Å². The van der Waals surface area contributed by atoms with Gasteiger partial charge in [0.15, 0.2) is 0 Å². The zero-order valence-electron chi connectivity index (χ0n) is 14.6. The van der Waals surface area contributed by atoms with Crippen molar-refractivity contribution in [3.05, 3.63) is 0 Å². The van der Waals surface area contributed by atoms with Crippen LogP contribution in [-0.4, -0.2) is 78.5 Å². The summed E-state index contributed by atoms with van der Waals surface area (Å²) in [4.78, 5) is 0. The van der Waals surface area contributed by atoms with Gasteiger partial charge in [-0.1, -0.05) is 0 Å². The van der Waals surface area contributed by atoms with Gasteiger partial charge in [-0.05, 0) is 38.5 Å².